The van der Waals surface area contributed by atoms with Gasteiger partial charge in [-0.05, 0) is 37.1 Å². The molecule has 0 aliphatic rings. The van der Waals surface area contributed by atoms with Crippen molar-refractivity contribution in [3.05, 3.63) is 64.2 Å². The molecular weight excluding hydrogens is 346 g/mol. The SMILES string of the molecule is O=Cc1cc(OCCCCS(=O)(=O)c2ccccc2)ccc1[N+](=O)[O-]. The summed E-state index contributed by atoms with van der Waals surface area (Å²) in [6.45, 7) is 0.250. The van der Waals surface area contributed by atoms with Crippen molar-refractivity contribution in [1.82, 2.24) is 0 Å². The number of benzene rings is 2. The highest BCUT2D eigenvalue weighted by molar-refractivity contribution is 7.91. The number of nitrogens with zero attached hydrogens (tertiary/aromatic N) is 1. The molecule has 8 heteroatoms. The van der Waals surface area contributed by atoms with Crippen molar-refractivity contribution in [2.75, 3.05) is 12.4 Å². The van der Waals surface area contributed by atoms with Gasteiger partial charge in [-0.2, -0.15) is 0 Å². The molecule has 0 aromatic heterocycles. The molecular formula is C17H17NO6S. The van der Waals surface area contributed by atoms with Crippen molar-refractivity contribution >= 4 is 21.8 Å². The van der Waals surface area contributed by atoms with Gasteiger partial charge in [0.05, 0.1) is 27.7 Å². The van der Waals surface area contributed by atoms with E-state index in [0.29, 0.717) is 29.8 Å². The van der Waals surface area contributed by atoms with Crippen LogP contribution in [0.5, 0.6) is 5.75 Å². The molecule has 0 aliphatic heterocycles. The zero-order chi connectivity index (χ0) is 18.3. The topological polar surface area (TPSA) is 104 Å². The van der Waals surface area contributed by atoms with E-state index in [1.165, 1.54) is 18.2 Å². The summed E-state index contributed by atoms with van der Waals surface area (Å²) in [5, 5.41) is 10.8. The lowest BCUT2D eigenvalue weighted by atomic mass is 10.2. The Morgan fingerprint density at radius 2 is 1.80 bits per heavy atom. The predicted octanol–water partition coefficient (Wildman–Crippen LogP) is 3.04. The summed E-state index contributed by atoms with van der Waals surface area (Å²) in [6.07, 6.45) is 1.32. The van der Waals surface area contributed by atoms with E-state index in [-0.39, 0.29) is 23.6 Å². The van der Waals surface area contributed by atoms with Gasteiger partial charge >= 0.3 is 0 Å². The van der Waals surface area contributed by atoms with Crippen LogP contribution in [0, 0.1) is 10.1 Å². The fourth-order valence-corrected chi connectivity index (χ4v) is 3.60. The van der Waals surface area contributed by atoms with Crippen LogP contribution in [-0.2, 0) is 9.84 Å². The zero-order valence-electron chi connectivity index (χ0n) is 13.3. The average Bonchev–Trinajstić information content (AvgIpc) is 2.61. The third-order valence-electron chi connectivity index (χ3n) is 3.50. The molecule has 0 unspecified atom stereocenters. The molecule has 0 heterocycles. The van der Waals surface area contributed by atoms with Crippen LogP contribution in [-0.4, -0.2) is 32.0 Å². The van der Waals surface area contributed by atoms with E-state index in [0.717, 1.165) is 0 Å². The Morgan fingerprint density at radius 3 is 2.44 bits per heavy atom. The second-order valence-corrected chi connectivity index (χ2v) is 7.39. The highest BCUT2D eigenvalue weighted by Gasteiger charge is 2.15. The third kappa shape index (κ3) is 5.12. The highest BCUT2D eigenvalue weighted by Crippen LogP contribution is 2.22. The molecule has 2 rings (SSSR count). The standard InChI is InChI=1S/C17H17NO6S/c19-13-14-12-15(8-9-17(14)18(20)21)24-10-4-5-11-25(22,23)16-6-2-1-3-7-16/h1-3,6-9,12-13H,4-5,10-11H2. The van der Waals surface area contributed by atoms with Crippen LogP contribution >= 0.6 is 0 Å². The smallest absolute Gasteiger partial charge is 0.280 e. The van der Waals surface area contributed by atoms with Gasteiger partial charge in [0.25, 0.3) is 5.69 Å². The Balaban J connectivity index is 1.84. The molecule has 0 aliphatic carbocycles. The quantitative estimate of drug-likeness (QED) is 0.293. The van der Waals surface area contributed by atoms with E-state index in [2.05, 4.69) is 0 Å². The number of aldehydes is 1. The van der Waals surface area contributed by atoms with Crippen LogP contribution in [0.2, 0.25) is 0 Å². The fourth-order valence-electron chi connectivity index (χ4n) is 2.21. The molecule has 0 saturated carbocycles. The molecule has 0 fully saturated rings. The number of carbonyl (C=O) groups is 1. The lowest BCUT2D eigenvalue weighted by Gasteiger charge is -2.07. The van der Waals surface area contributed by atoms with Gasteiger partial charge in [-0.15, -0.1) is 0 Å². The van der Waals surface area contributed by atoms with E-state index in [9.17, 15) is 23.3 Å². The van der Waals surface area contributed by atoms with Crippen molar-refractivity contribution < 1.29 is 22.9 Å². The normalized spacial score (nSPS) is 11.0. The maximum absolute atomic E-state index is 12.1. The van der Waals surface area contributed by atoms with Gasteiger partial charge in [0.2, 0.25) is 0 Å². The number of sulfone groups is 1. The van der Waals surface area contributed by atoms with Crippen molar-refractivity contribution in [2.24, 2.45) is 0 Å². The van der Waals surface area contributed by atoms with Crippen LogP contribution in [0.1, 0.15) is 23.2 Å². The minimum absolute atomic E-state index is 0.0141. The number of nitro groups is 1. The van der Waals surface area contributed by atoms with E-state index in [1.54, 1.807) is 30.3 Å². The van der Waals surface area contributed by atoms with Crippen LogP contribution < -0.4 is 4.74 Å². The second kappa shape index (κ2) is 8.39. The predicted molar refractivity (Wildman–Crippen MR) is 91.7 cm³/mol. The summed E-state index contributed by atoms with van der Waals surface area (Å²) in [6, 6.07) is 12.1. The molecule has 2 aromatic rings. The zero-order valence-corrected chi connectivity index (χ0v) is 14.1. The first kappa shape index (κ1) is 18.6. The number of ether oxygens (including phenoxy) is 1. The molecule has 0 atom stereocenters. The first-order valence-corrected chi connectivity index (χ1v) is 9.23. The summed E-state index contributed by atoms with van der Waals surface area (Å²) in [5.41, 5.74) is -0.342. The highest BCUT2D eigenvalue weighted by atomic mass is 32.2. The molecule has 0 saturated heterocycles. The molecule has 0 spiro atoms. The number of unbranched alkanes of at least 4 members (excludes halogenated alkanes) is 1. The van der Waals surface area contributed by atoms with Crippen LogP contribution in [0.25, 0.3) is 0 Å². The van der Waals surface area contributed by atoms with Crippen LogP contribution in [0.3, 0.4) is 0 Å². The maximum atomic E-state index is 12.1. The summed E-state index contributed by atoms with van der Waals surface area (Å²) < 4.78 is 29.6. The molecule has 132 valence electrons. The first-order chi connectivity index (χ1) is 11.9. The molecule has 2 aromatic carbocycles. The number of rotatable bonds is 9. The molecule has 25 heavy (non-hydrogen) atoms. The Morgan fingerprint density at radius 1 is 1.08 bits per heavy atom. The molecule has 0 amide bonds. The summed E-state index contributed by atoms with van der Waals surface area (Å²) in [4.78, 5) is 21.3. The van der Waals surface area contributed by atoms with Crippen molar-refractivity contribution in [3.63, 3.8) is 0 Å². The third-order valence-corrected chi connectivity index (χ3v) is 5.32. The van der Waals surface area contributed by atoms with E-state index in [1.807, 2.05) is 0 Å². The van der Waals surface area contributed by atoms with Crippen LogP contribution in [0.4, 0.5) is 5.69 Å². The number of hydrogen-bond acceptors (Lipinski definition) is 6. The lowest BCUT2D eigenvalue weighted by molar-refractivity contribution is -0.385. The Bertz CT molecular complexity index is 849. The molecule has 7 nitrogen and oxygen atoms in total. The van der Waals surface area contributed by atoms with Gasteiger partial charge in [0.15, 0.2) is 16.1 Å². The van der Waals surface area contributed by atoms with Gasteiger partial charge in [-0.3, -0.25) is 14.9 Å². The summed E-state index contributed by atoms with van der Waals surface area (Å²) in [5.74, 6) is 0.346. The Kier molecular flexibility index (Phi) is 6.24. The average molecular weight is 363 g/mol. The Labute approximate surface area is 145 Å². The molecule has 0 N–H and O–H groups in total. The lowest BCUT2D eigenvalue weighted by Crippen LogP contribution is -2.08. The Hall–Kier alpha value is -2.74. The minimum Gasteiger partial charge on any atom is -0.494 e. The van der Waals surface area contributed by atoms with Gasteiger partial charge in [0, 0.05) is 6.07 Å². The summed E-state index contributed by atoms with van der Waals surface area (Å²) in [7, 11) is -3.31. The maximum Gasteiger partial charge on any atom is 0.280 e. The van der Waals surface area contributed by atoms with E-state index < -0.39 is 14.8 Å². The molecule has 0 bridgehead atoms. The van der Waals surface area contributed by atoms with Crippen molar-refractivity contribution in [3.8, 4) is 5.75 Å². The van der Waals surface area contributed by atoms with E-state index >= 15 is 0 Å². The van der Waals surface area contributed by atoms with Crippen molar-refractivity contribution in [1.29, 1.82) is 0 Å². The number of hydrogen-bond donors (Lipinski definition) is 0. The number of carbonyl (C=O) groups excluding carboxylic acids is 1. The van der Waals surface area contributed by atoms with Gasteiger partial charge in [-0.25, -0.2) is 8.42 Å². The van der Waals surface area contributed by atoms with Crippen molar-refractivity contribution in [2.45, 2.75) is 17.7 Å². The summed E-state index contributed by atoms with van der Waals surface area (Å²) >= 11 is 0. The van der Waals surface area contributed by atoms with Crippen LogP contribution in [0.15, 0.2) is 53.4 Å². The monoisotopic (exact) mass is 363 g/mol. The molecule has 0 radical (unpaired) electrons. The minimum atomic E-state index is -3.31. The largest absolute Gasteiger partial charge is 0.494 e. The first-order valence-electron chi connectivity index (χ1n) is 7.58. The van der Waals surface area contributed by atoms with E-state index in [4.69, 9.17) is 4.74 Å². The fraction of sp³-hybridized carbons (Fsp3) is 0.235. The second-order valence-electron chi connectivity index (χ2n) is 5.28. The van der Waals surface area contributed by atoms with Gasteiger partial charge in [0.1, 0.15) is 5.75 Å². The van der Waals surface area contributed by atoms with Gasteiger partial charge < -0.3 is 4.74 Å². The number of nitro benzene ring substituents is 1. The van der Waals surface area contributed by atoms with Gasteiger partial charge in [-0.1, -0.05) is 18.2 Å².